The van der Waals surface area contributed by atoms with E-state index in [0.717, 1.165) is 5.69 Å². The summed E-state index contributed by atoms with van der Waals surface area (Å²) in [5.74, 6) is -1.14. The molecule has 0 saturated heterocycles. The molecule has 160 valence electrons. The van der Waals surface area contributed by atoms with Gasteiger partial charge in [0.05, 0.1) is 28.9 Å². The molecule has 8 nitrogen and oxygen atoms in total. The molecule has 1 atom stereocenters. The van der Waals surface area contributed by atoms with E-state index < -0.39 is 23.6 Å². The number of oxazole rings is 1. The molecule has 0 aliphatic carbocycles. The van der Waals surface area contributed by atoms with E-state index in [1.54, 1.807) is 36.4 Å². The number of hydrogen-bond donors (Lipinski definition) is 1. The van der Waals surface area contributed by atoms with Crippen molar-refractivity contribution in [1.82, 2.24) is 29.5 Å². The molecule has 4 aromatic rings. The van der Waals surface area contributed by atoms with Gasteiger partial charge in [0.15, 0.2) is 5.67 Å². The number of nitrogens with one attached hydrogen (secondary N) is 1. The molecule has 0 bridgehead atoms. The fraction of sp³-hybridized carbons (Fsp3) is 0.333. The lowest BCUT2D eigenvalue weighted by molar-refractivity contribution is 0.0642. The number of fused-ring (bicyclic) bond motifs is 2. The van der Waals surface area contributed by atoms with E-state index in [0.29, 0.717) is 35.6 Å². The number of aryl methyl sites for hydroxylation is 1. The highest BCUT2D eigenvalue weighted by atomic mass is 19.1. The van der Waals surface area contributed by atoms with Crippen LogP contribution in [0, 0.1) is 12.9 Å². The molecule has 4 aromatic heterocycles. The number of nitrogens with zero attached hydrogens (tertiary/aromatic N) is 5. The molecule has 0 unspecified atom stereocenters. The molecule has 10 heteroatoms. The molecule has 0 saturated carbocycles. The van der Waals surface area contributed by atoms with Gasteiger partial charge in [0, 0.05) is 18.7 Å². The second kappa shape index (κ2) is 6.73. The SMILES string of the molecule is Cc1nc(C(C)(C)F)oc1C(=O)N1CCc2[nH]cnc2[C@@H]1c1cc2cccc(F)n2n1. The molecule has 5 rings (SSSR count). The molecule has 0 spiro atoms. The first kappa shape index (κ1) is 19.4. The molecular formula is C21H20F2N6O2. The summed E-state index contributed by atoms with van der Waals surface area (Å²) in [6.45, 7) is 4.59. The highest BCUT2D eigenvalue weighted by molar-refractivity contribution is 5.93. The van der Waals surface area contributed by atoms with Crippen LogP contribution in [-0.4, -0.2) is 41.9 Å². The van der Waals surface area contributed by atoms with E-state index in [4.69, 9.17) is 4.42 Å². The Balaban J connectivity index is 1.61. The van der Waals surface area contributed by atoms with E-state index in [1.165, 1.54) is 24.4 Å². The Labute approximate surface area is 175 Å². The van der Waals surface area contributed by atoms with Gasteiger partial charge < -0.3 is 14.3 Å². The fourth-order valence-corrected chi connectivity index (χ4v) is 3.91. The number of H-pyrrole nitrogens is 1. The largest absolute Gasteiger partial charge is 0.432 e. The minimum Gasteiger partial charge on any atom is -0.432 e. The van der Waals surface area contributed by atoms with Crippen molar-refractivity contribution in [2.45, 2.75) is 38.9 Å². The maximum atomic E-state index is 14.3. The number of alkyl halides is 1. The molecule has 0 aromatic carbocycles. The Morgan fingerprint density at radius 1 is 1.35 bits per heavy atom. The number of amides is 1. The van der Waals surface area contributed by atoms with Crippen molar-refractivity contribution in [3.63, 3.8) is 0 Å². The highest BCUT2D eigenvalue weighted by Gasteiger charge is 2.39. The average Bonchev–Trinajstić information content (AvgIpc) is 3.44. The Hall–Kier alpha value is -3.56. The first-order valence-electron chi connectivity index (χ1n) is 9.88. The number of carbonyl (C=O) groups is 1. The van der Waals surface area contributed by atoms with Crippen molar-refractivity contribution >= 4 is 11.4 Å². The molecule has 5 heterocycles. The smallest absolute Gasteiger partial charge is 0.292 e. The van der Waals surface area contributed by atoms with Crippen molar-refractivity contribution in [2.24, 2.45) is 0 Å². The van der Waals surface area contributed by atoms with Gasteiger partial charge in [0.25, 0.3) is 5.91 Å². The fourth-order valence-electron chi connectivity index (χ4n) is 3.91. The molecule has 1 aliphatic rings. The lowest BCUT2D eigenvalue weighted by atomic mass is 9.99. The van der Waals surface area contributed by atoms with Crippen LogP contribution in [0.3, 0.4) is 0 Å². The van der Waals surface area contributed by atoms with Gasteiger partial charge in [-0.25, -0.2) is 18.9 Å². The number of hydrogen-bond acceptors (Lipinski definition) is 5. The Kier molecular flexibility index (Phi) is 4.21. The number of halogens is 2. The predicted molar refractivity (Wildman–Crippen MR) is 106 cm³/mol. The highest BCUT2D eigenvalue weighted by Crippen LogP contribution is 2.35. The maximum Gasteiger partial charge on any atom is 0.292 e. The first-order chi connectivity index (χ1) is 14.7. The van der Waals surface area contributed by atoms with E-state index in [1.807, 2.05) is 0 Å². The van der Waals surface area contributed by atoms with Gasteiger partial charge in [0.1, 0.15) is 6.04 Å². The third kappa shape index (κ3) is 3.09. The summed E-state index contributed by atoms with van der Waals surface area (Å²) in [5, 5.41) is 4.40. The number of aromatic nitrogens is 5. The van der Waals surface area contributed by atoms with E-state index in [-0.39, 0.29) is 11.7 Å². The summed E-state index contributed by atoms with van der Waals surface area (Å²) in [5.41, 5.74) is 1.02. The third-order valence-corrected chi connectivity index (χ3v) is 5.42. The third-order valence-electron chi connectivity index (χ3n) is 5.42. The first-order valence-corrected chi connectivity index (χ1v) is 9.88. The maximum absolute atomic E-state index is 14.3. The van der Waals surface area contributed by atoms with Gasteiger partial charge in [-0.15, -0.1) is 0 Å². The van der Waals surface area contributed by atoms with Gasteiger partial charge in [0.2, 0.25) is 17.6 Å². The Morgan fingerprint density at radius 2 is 2.16 bits per heavy atom. The molecule has 0 fully saturated rings. The van der Waals surface area contributed by atoms with Gasteiger partial charge in [-0.05, 0) is 39.0 Å². The second-order valence-corrected chi connectivity index (χ2v) is 8.08. The van der Waals surface area contributed by atoms with Crippen molar-refractivity contribution in [3.05, 3.63) is 71.0 Å². The quantitative estimate of drug-likeness (QED) is 0.507. The van der Waals surface area contributed by atoms with Crippen molar-refractivity contribution in [2.75, 3.05) is 6.54 Å². The number of carbonyl (C=O) groups excluding carboxylic acids is 1. The normalized spacial score (nSPS) is 16.7. The van der Waals surface area contributed by atoms with Crippen LogP contribution in [0.25, 0.3) is 5.52 Å². The molecule has 1 N–H and O–H groups in total. The number of imidazole rings is 1. The Bertz CT molecular complexity index is 1300. The summed E-state index contributed by atoms with van der Waals surface area (Å²) in [6.07, 6.45) is 2.11. The van der Waals surface area contributed by atoms with E-state index in [9.17, 15) is 13.6 Å². The summed E-state index contributed by atoms with van der Waals surface area (Å²) in [6, 6.07) is 5.70. The number of pyridine rings is 1. The molecule has 1 amide bonds. The molecule has 31 heavy (non-hydrogen) atoms. The van der Waals surface area contributed by atoms with Crippen molar-refractivity contribution < 1.29 is 18.0 Å². The lowest BCUT2D eigenvalue weighted by Gasteiger charge is -2.33. The summed E-state index contributed by atoms with van der Waals surface area (Å²) >= 11 is 0. The summed E-state index contributed by atoms with van der Waals surface area (Å²) in [4.78, 5) is 26.6. The van der Waals surface area contributed by atoms with Crippen molar-refractivity contribution in [1.29, 1.82) is 0 Å². The lowest BCUT2D eigenvalue weighted by Crippen LogP contribution is -2.41. The summed E-state index contributed by atoms with van der Waals surface area (Å²) < 4.78 is 35.3. The van der Waals surface area contributed by atoms with Gasteiger partial charge >= 0.3 is 0 Å². The predicted octanol–water partition coefficient (Wildman–Crippen LogP) is 3.49. The molecule has 0 radical (unpaired) electrons. The zero-order chi connectivity index (χ0) is 21.9. The van der Waals surface area contributed by atoms with E-state index in [2.05, 4.69) is 20.1 Å². The van der Waals surface area contributed by atoms with Crippen LogP contribution in [-0.2, 0) is 12.1 Å². The van der Waals surface area contributed by atoms with Crippen LogP contribution in [0.2, 0.25) is 0 Å². The second-order valence-electron chi connectivity index (χ2n) is 8.08. The number of rotatable bonds is 3. The summed E-state index contributed by atoms with van der Waals surface area (Å²) in [7, 11) is 0. The minimum atomic E-state index is -1.82. The van der Waals surface area contributed by atoms with Crippen LogP contribution in [0.4, 0.5) is 8.78 Å². The zero-order valence-electron chi connectivity index (χ0n) is 17.2. The van der Waals surface area contributed by atoms with Crippen LogP contribution >= 0.6 is 0 Å². The van der Waals surface area contributed by atoms with Crippen LogP contribution < -0.4 is 0 Å². The molecular weight excluding hydrogens is 406 g/mol. The van der Waals surface area contributed by atoms with Crippen molar-refractivity contribution in [3.8, 4) is 0 Å². The standard InChI is InChI=1S/C21H20F2N6O2/c1-11-18(31-20(26-11)21(2,3)23)19(30)28-8-7-13-16(25-10-24-13)17(28)14-9-12-5-4-6-15(22)29(12)27-14/h4-6,9-10,17H,7-8H2,1-3H3,(H,24,25)/t17-/m0/s1. The minimum absolute atomic E-state index is 0.0281. The van der Waals surface area contributed by atoms with E-state index >= 15 is 0 Å². The monoisotopic (exact) mass is 426 g/mol. The topological polar surface area (TPSA) is 92.3 Å². The van der Waals surface area contributed by atoms with Crippen LogP contribution in [0.15, 0.2) is 35.0 Å². The average molecular weight is 426 g/mol. The van der Waals surface area contributed by atoms with Gasteiger partial charge in [-0.2, -0.15) is 9.49 Å². The van der Waals surface area contributed by atoms with Crippen LogP contribution in [0.1, 0.15) is 59.1 Å². The van der Waals surface area contributed by atoms with Gasteiger partial charge in [-0.3, -0.25) is 4.79 Å². The van der Waals surface area contributed by atoms with Crippen LogP contribution in [0.5, 0.6) is 0 Å². The Morgan fingerprint density at radius 3 is 2.87 bits per heavy atom. The number of aromatic amines is 1. The zero-order valence-corrected chi connectivity index (χ0v) is 17.2. The molecule has 1 aliphatic heterocycles. The van der Waals surface area contributed by atoms with Gasteiger partial charge in [-0.1, -0.05) is 6.07 Å².